The summed E-state index contributed by atoms with van der Waals surface area (Å²) < 4.78 is 0. The summed E-state index contributed by atoms with van der Waals surface area (Å²) in [6.45, 7) is 1.94. The summed E-state index contributed by atoms with van der Waals surface area (Å²) in [5.74, 6) is 0.599. The van der Waals surface area contributed by atoms with Crippen LogP contribution in [-0.2, 0) is 6.42 Å². The second-order valence-corrected chi connectivity index (χ2v) is 6.00. The molecule has 2 heterocycles. The van der Waals surface area contributed by atoms with Crippen LogP contribution in [0.1, 0.15) is 17.0 Å². The van der Waals surface area contributed by atoms with Crippen molar-refractivity contribution in [2.75, 3.05) is 11.5 Å². The molecule has 0 bridgehead atoms. The quantitative estimate of drug-likeness (QED) is 0.669. The van der Waals surface area contributed by atoms with Gasteiger partial charge in [-0.2, -0.15) is 5.11 Å². The number of azo groups is 1. The molecule has 6 nitrogen and oxygen atoms in total. The number of nitrogen functional groups attached to an aromatic ring is 2. The van der Waals surface area contributed by atoms with Crippen molar-refractivity contribution in [2.24, 2.45) is 10.2 Å². The number of aromatic nitrogens is 2. The average Bonchev–Trinajstić information content (AvgIpc) is 2.58. The van der Waals surface area contributed by atoms with Gasteiger partial charge in [-0.25, -0.2) is 4.98 Å². The molecule has 3 rings (SSSR count). The van der Waals surface area contributed by atoms with Gasteiger partial charge < -0.3 is 11.5 Å². The van der Waals surface area contributed by atoms with Gasteiger partial charge in [-0.1, -0.05) is 17.7 Å². The Morgan fingerprint density at radius 1 is 0.960 bits per heavy atom. The van der Waals surface area contributed by atoms with E-state index in [4.69, 9.17) is 23.1 Å². The first-order chi connectivity index (χ1) is 12.0. The Balaban J connectivity index is 1.88. The summed E-state index contributed by atoms with van der Waals surface area (Å²) in [6, 6.07) is 14.7. The van der Waals surface area contributed by atoms with Gasteiger partial charge in [-0.3, -0.25) is 4.98 Å². The Labute approximate surface area is 150 Å². The van der Waals surface area contributed by atoms with Crippen LogP contribution < -0.4 is 11.5 Å². The van der Waals surface area contributed by atoms with E-state index in [0.717, 1.165) is 17.0 Å². The predicted octanol–water partition coefficient (Wildman–Crippen LogP) is 4.61. The average molecular weight is 353 g/mol. The van der Waals surface area contributed by atoms with E-state index in [1.807, 2.05) is 25.1 Å². The molecule has 25 heavy (non-hydrogen) atoms. The molecule has 0 aliphatic heterocycles. The second-order valence-electron chi connectivity index (χ2n) is 5.56. The molecule has 0 amide bonds. The minimum absolute atomic E-state index is 0.233. The maximum Gasteiger partial charge on any atom is 0.153 e. The lowest BCUT2D eigenvalue weighted by atomic mass is 10.1. The molecule has 1 aromatic carbocycles. The van der Waals surface area contributed by atoms with Gasteiger partial charge >= 0.3 is 0 Å². The Kier molecular flexibility index (Phi) is 4.90. The third-order valence-corrected chi connectivity index (χ3v) is 3.81. The normalized spacial score (nSPS) is 11.1. The zero-order valence-electron chi connectivity index (χ0n) is 13.6. The molecule has 4 N–H and O–H groups in total. The molecule has 0 saturated heterocycles. The van der Waals surface area contributed by atoms with Crippen LogP contribution in [0.3, 0.4) is 0 Å². The highest BCUT2D eigenvalue weighted by atomic mass is 35.5. The van der Waals surface area contributed by atoms with Crippen molar-refractivity contribution in [1.29, 1.82) is 0 Å². The van der Waals surface area contributed by atoms with Crippen LogP contribution in [0.25, 0.3) is 0 Å². The molecule has 0 saturated carbocycles. The number of nitrogens with two attached hydrogens (primary N) is 2. The Morgan fingerprint density at radius 3 is 2.44 bits per heavy atom. The number of benzene rings is 1. The number of halogens is 1. The van der Waals surface area contributed by atoms with E-state index in [9.17, 15) is 0 Å². The van der Waals surface area contributed by atoms with Gasteiger partial charge in [-0.05, 0) is 49.4 Å². The first-order valence-electron chi connectivity index (χ1n) is 7.66. The third-order valence-electron chi connectivity index (χ3n) is 3.56. The van der Waals surface area contributed by atoms with Crippen molar-refractivity contribution in [3.63, 3.8) is 0 Å². The Hall–Kier alpha value is -2.99. The van der Waals surface area contributed by atoms with E-state index in [1.54, 1.807) is 30.3 Å². The van der Waals surface area contributed by atoms with E-state index in [2.05, 4.69) is 20.2 Å². The molecule has 0 radical (unpaired) electrons. The zero-order valence-corrected chi connectivity index (χ0v) is 14.4. The van der Waals surface area contributed by atoms with Crippen LogP contribution in [0.5, 0.6) is 0 Å². The number of aryl methyl sites for hydroxylation is 1. The van der Waals surface area contributed by atoms with Gasteiger partial charge in [0.25, 0.3) is 0 Å². The molecule has 126 valence electrons. The van der Waals surface area contributed by atoms with Gasteiger partial charge in [0.1, 0.15) is 11.5 Å². The van der Waals surface area contributed by atoms with Crippen molar-refractivity contribution >= 4 is 34.6 Å². The number of nitrogens with zero attached hydrogens (tertiary/aromatic N) is 4. The zero-order chi connectivity index (χ0) is 17.8. The molecular weight excluding hydrogens is 336 g/mol. The highest BCUT2D eigenvalue weighted by Gasteiger charge is 2.09. The number of anilines is 2. The van der Waals surface area contributed by atoms with E-state index in [0.29, 0.717) is 28.6 Å². The highest BCUT2D eigenvalue weighted by Crippen LogP contribution is 2.28. The van der Waals surface area contributed by atoms with E-state index < -0.39 is 0 Å². The maximum absolute atomic E-state index is 5.99. The number of rotatable bonds is 4. The lowest BCUT2D eigenvalue weighted by Crippen LogP contribution is -2.03. The summed E-state index contributed by atoms with van der Waals surface area (Å²) in [6.07, 6.45) is 0.546. The van der Waals surface area contributed by atoms with Crippen molar-refractivity contribution < 1.29 is 0 Å². The fourth-order valence-electron chi connectivity index (χ4n) is 2.31. The minimum Gasteiger partial charge on any atom is -0.383 e. The molecule has 0 unspecified atom stereocenters. The second kappa shape index (κ2) is 7.27. The van der Waals surface area contributed by atoms with E-state index in [-0.39, 0.29) is 5.82 Å². The molecule has 0 atom stereocenters. The molecule has 0 aliphatic rings. The smallest absolute Gasteiger partial charge is 0.153 e. The highest BCUT2D eigenvalue weighted by molar-refractivity contribution is 6.30. The van der Waals surface area contributed by atoms with Crippen LogP contribution in [0.2, 0.25) is 5.02 Å². The topological polar surface area (TPSA) is 103 Å². The number of pyridine rings is 2. The monoisotopic (exact) mass is 352 g/mol. The maximum atomic E-state index is 5.99. The SMILES string of the molecule is Cc1cccc(Cc2cc(N=Nc3ccc(Cl)cc3)c(N)nc2N)n1. The Morgan fingerprint density at radius 2 is 1.72 bits per heavy atom. The van der Waals surface area contributed by atoms with Crippen molar-refractivity contribution in [2.45, 2.75) is 13.3 Å². The first kappa shape index (κ1) is 16.9. The fourth-order valence-corrected chi connectivity index (χ4v) is 2.43. The molecule has 0 aliphatic carbocycles. The summed E-state index contributed by atoms with van der Waals surface area (Å²) in [5.41, 5.74) is 15.7. The van der Waals surface area contributed by atoms with Crippen molar-refractivity contribution in [3.8, 4) is 0 Å². The molecule has 2 aromatic heterocycles. The van der Waals surface area contributed by atoms with Crippen LogP contribution in [0.15, 0.2) is 58.8 Å². The van der Waals surface area contributed by atoms with Crippen LogP contribution >= 0.6 is 11.6 Å². The molecule has 0 spiro atoms. The molecule has 7 heteroatoms. The first-order valence-corrected chi connectivity index (χ1v) is 8.04. The molecular formula is C18H17ClN6. The minimum atomic E-state index is 0.233. The van der Waals surface area contributed by atoms with Crippen molar-refractivity contribution in [3.05, 3.63) is 70.5 Å². The summed E-state index contributed by atoms with van der Waals surface area (Å²) >= 11 is 5.86. The number of hydrogen-bond acceptors (Lipinski definition) is 6. The largest absolute Gasteiger partial charge is 0.383 e. The standard InChI is InChI=1S/C18H17ClN6/c1-11-3-2-4-15(22-11)9-12-10-16(18(21)23-17(12)20)25-24-14-7-5-13(19)6-8-14/h2-8,10H,9H2,1H3,(H4,20,21,23). The van der Waals surface area contributed by atoms with Gasteiger partial charge in [0, 0.05) is 28.4 Å². The van der Waals surface area contributed by atoms with Gasteiger partial charge in [0.05, 0.1) is 5.69 Å². The van der Waals surface area contributed by atoms with E-state index >= 15 is 0 Å². The van der Waals surface area contributed by atoms with Crippen LogP contribution in [-0.4, -0.2) is 9.97 Å². The van der Waals surface area contributed by atoms with Crippen molar-refractivity contribution in [1.82, 2.24) is 9.97 Å². The summed E-state index contributed by atoms with van der Waals surface area (Å²) in [4.78, 5) is 8.65. The molecule has 0 fully saturated rings. The third kappa shape index (κ3) is 4.30. The summed E-state index contributed by atoms with van der Waals surface area (Å²) in [7, 11) is 0. The summed E-state index contributed by atoms with van der Waals surface area (Å²) in [5, 5.41) is 8.98. The van der Waals surface area contributed by atoms with Gasteiger partial charge in [-0.15, -0.1) is 5.11 Å². The molecule has 3 aromatic rings. The fraction of sp³-hybridized carbons (Fsp3) is 0.111. The van der Waals surface area contributed by atoms with Gasteiger partial charge in [0.15, 0.2) is 5.82 Å². The lowest BCUT2D eigenvalue weighted by molar-refractivity contribution is 1.03. The predicted molar refractivity (Wildman–Crippen MR) is 100 cm³/mol. The Bertz CT molecular complexity index is 921. The van der Waals surface area contributed by atoms with Gasteiger partial charge in [0.2, 0.25) is 0 Å². The van der Waals surface area contributed by atoms with E-state index in [1.165, 1.54) is 0 Å². The van der Waals surface area contributed by atoms with Crippen LogP contribution in [0.4, 0.5) is 23.0 Å². The lowest BCUT2D eigenvalue weighted by Gasteiger charge is -2.08. The van der Waals surface area contributed by atoms with Crippen LogP contribution in [0, 0.1) is 6.92 Å². The number of hydrogen-bond donors (Lipinski definition) is 2.